The van der Waals surface area contributed by atoms with Crippen LogP contribution in [0.15, 0.2) is 27.1 Å². The van der Waals surface area contributed by atoms with E-state index in [0.29, 0.717) is 10.2 Å². The van der Waals surface area contributed by atoms with E-state index in [1.807, 2.05) is 0 Å². The second-order valence-electron chi connectivity index (χ2n) is 4.84. The van der Waals surface area contributed by atoms with Crippen molar-refractivity contribution < 1.29 is 9.53 Å². The Kier molecular flexibility index (Phi) is 5.55. The van der Waals surface area contributed by atoms with Crippen molar-refractivity contribution in [3.63, 3.8) is 0 Å². The molecule has 6 nitrogen and oxygen atoms in total. The summed E-state index contributed by atoms with van der Waals surface area (Å²) in [4.78, 5) is 23.2. The van der Waals surface area contributed by atoms with Gasteiger partial charge in [-0.15, -0.1) is 0 Å². The van der Waals surface area contributed by atoms with Crippen LogP contribution in [0.4, 0.5) is 5.69 Å². The SMILES string of the molecule is COC(=O)Cn1ncc(NCCC2=CCCC2)c(Br)c1=O. The zero-order valence-electron chi connectivity index (χ0n) is 11.9. The maximum absolute atomic E-state index is 12.1. The highest BCUT2D eigenvalue weighted by Crippen LogP contribution is 2.21. The highest BCUT2D eigenvalue weighted by Gasteiger charge is 2.12. The molecular weight excluding hydrogens is 338 g/mol. The Labute approximate surface area is 131 Å². The maximum Gasteiger partial charge on any atom is 0.327 e. The Hall–Kier alpha value is -1.63. The molecule has 1 heterocycles. The summed E-state index contributed by atoms with van der Waals surface area (Å²) in [6, 6.07) is 0. The number of aromatic nitrogens is 2. The number of nitrogens with zero attached hydrogens (tertiary/aromatic N) is 2. The lowest BCUT2D eigenvalue weighted by molar-refractivity contribution is -0.141. The van der Waals surface area contributed by atoms with Crippen molar-refractivity contribution in [3.8, 4) is 0 Å². The first kappa shape index (κ1) is 15.8. The van der Waals surface area contributed by atoms with Crippen LogP contribution < -0.4 is 10.9 Å². The van der Waals surface area contributed by atoms with Crippen molar-refractivity contribution >= 4 is 27.6 Å². The Bertz CT molecular complexity index is 610. The highest BCUT2D eigenvalue weighted by atomic mass is 79.9. The molecule has 1 aliphatic rings. The molecule has 0 bridgehead atoms. The van der Waals surface area contributed by atoms with Crippen molar-refractivity contribution in [2.24, 2.45) is 0 Å². The standard InChI is InChI=1S/C14H18BrN3O3/c1-21-12(19)9-18-14(20)13(15)11(8-17-18)16-7-6-10-4-2-3-5-10/h4,8,16H,2-3,5-7,9H2,1H3. The van der Waals surface area contributed by atoms with Crippen LogP contribution in [0, 0.1) is 0 Å². The number of nitrogens with one attached hydrogen (secondary N) is 1. The van der Waals surface area contributed by atoms with E-state index >= 15 is 0 Å². The Balaban J connectivity index is 1.99. The van der Waals surface area contributed by atoms with Crippen LogP contribution >= 0.6 is 15.9 Å². The fourth-order valence-corrected chi connectivity index (χ4v) is 2.66. The van der Waals surface area contributed by atoms with Crippen molar-refractivity contribution in [2.75, 3.05) is 19.0 Å². The molecule has 114 valence electrons. The van der Waals surface area contributed by atoms with E-state index in [2.05, 4.69) is 37.2 Å². The zero-order valence-corrected chi connectivity index (χ0v) is 13.5. The summed E-state index contributed by atoms with van der Waals surface area (Å²) in [5.74, 6) is -0.509. The van der Waals surface area contributed by atoms with Crippen molar-refractivity contribution in [1.29, 1.82) is 0 Å². The molecule has 1 aromatic heterocycles. The lowest BCUT2D eigenvalue weighted by atomic mass is 10.2. The Morgan fingerprint density at radius 1 is 1.57 bits per heavy atom. The molecule has 0 radical (unpaired) electrons. The summed E-state index contributed by atoms with van der Waals surface area (Å²) in [6.45, 7) is 0.563. The van der Waals surface area contributed by atoms with Gasteiger partial charge in [-0.2, -0.15) is 5.10 Å². The predicted molar refractivity (Wildman–Crippen MR) is 83.3 cm³/mol. The topological polar surface area (TPSA) is 73.2 Å². The minimum atomic E-state index is -0.509. The Morgan fingerprint density at radius 3 is 3.05 bits per heavy atom. The molecule has 0 saturated carbocycles. The van der Waals surface area contributed by atoms with Gasteiger partial charge < -0.3 is 10.1 Å². The first-order valence-electron chi connectivity index (χ1n) is 6.86. The normalized spacial score (nSPS) is 13.9. The van der Waals surface area contributed by atoms with Gasteiger partial charge in [0.25, 0.3) is 5.56 Å². The third-order valence-electron chi connectivity index (χ3n) is 3.39. The molecule has 0 aliphatic heterocycles. The summed E-state index contributed by atoms with van der Waals surface area (Å²) in [6.07, 6.45) is 8.37. The zero-order chi connectivity index (χ0) is 15.2. The summed E-state index contributed by atoms with van der Waals surface area (Å²) in [7, 11) is 1.27. The van der Waals surface area contributed by atoms with Gasteiger partial charge in [-0.1, -0.05) is 11.6 Å². The van der Waals surface area contributed by atoms with Gasteiger partial charge in [0, 0.05) is 6.54 Å². The number of methoxy groups -OCH3 is 1. The molecule has 0 spiro atoms. The minimum Gasteiger partial charge on any atom is -0.468 e. The molecule has 7 heteroatoms. The number of allylic oxidation sites excluding steroid dienone is 1. The maximum atomic E-state index is 12.1. The lowest BCUT2D eigenvalue weighted by Gasteiger charge is -2.10. The van der Waals surface area contributed by atoms with Crippen LogP contribution in [0.3, 0.4) is 0 Å². The number of esters is 1. The molecule has 0 atom stereocenters. The van der Waals surface area contributed by atoms with Gasteiger partial charge >= 0.3 is 5.97 Å². The molecule has 0 aromatic carbocycles. The second-order valence-corrected chi connectivity index (χ2v) is 5.64. The molecule has 21 heavy (non-hydrogen) atoms. The van der Waals surface area contributed by atoms with Crippen LogP contribution in [0.5, 0.6) is 0 Å². The average Bonchev–Trinajstić information content (AvgIpc) is 2.99. The molecule has 1 aliphatic carbocycles. The molecule has 0 saturated heterocycles. The number of rotatable bonds is 6. The smallest absolute Gasteiger partial charge is 0.327 e. The van der Waals surface area contributed by atoms with E-state index in [1.165, 1.54) is 38.1 Å². The third kappa shape index (κ3) is 4.17. The third-order valence-corrected chi connectivity index (χ3v) is 4.15. The molecule has 0 fully saturated rings. The van der Waals surface area contributed by atoms with E-state index in [1.54, 1.807) is 0 Å². The average molecular weight is 356 g/mol. The summed E-state index contributed by atoms with van der Waals surface area (Å²) in [5.41, 5.74) is 1.75. The van der Waals surface area contributed by atoms with Gasteiger partial charge in [-0.05, 0) is 41.6 Å². The number of anilines is 1. The van der Waals surface area contributed by atoms with Crippen LogP contribution in [0.1, 0.15) is 25.7 Å². The number of carbonyl (C=O) groups excluding carboxylic acids is 1. The number of hydrogen-bond acceptors (Lipinski definition) is 5. The van der Waals surface area contributed by atoms with E-state index in [-0.39, 0.29) is 12.1 Å². The summed E-state index contributed by atoms with van der Waals surface area (Å²) < 4.78 is 5.97. The summed E-state index contributed by atoms with van der Waals surface area (Å²) >= 11 is 3.25. The molecule has 1 N–H and O–H groups in total. The van der Waals surface area contributed by atoms with Gasteiger partial charge in [0.2, 0.25) is 0 Å². The van der Waals surface area contributed by atoms with Crippen molar-refractivity contribution in [2.45, 2.75) is 32.2 Å². The van der Waals surface area contributed by atoms with Gasteiger partial charge in [-0.3, -0.25) is 9.59 Å². The van der Waals surface area contributed by atoms with Crippen LogP contribution in [0.25, 0.3) is 0 Å². The quantitative estimate of drug-likeness (QED) is 0.624. The molecule has 1 aromatic rings. The van der Waals surface area contributed by atoms with Crippen molar-refractivity contribution in [3.05, 3.63) is 32.7 Å². The minimum absolute atomic E-state index is 0.193. The van der Waals surface area contributed by atoms with E-state index in [0.717, 1.165) is 17.6 Å². The number of carbonyl (C=O) groups is 1. The number of ether oxygens (including phenoxy) is 1. The molecule has 2 rings (SSSR count). The monoisotopic (exact) mass is 355 g/mol. The largest absolute Gasteiger partial charge is 0.468 e. The van der Waals surface area contributed by atoms with Crippen LogP contribution in [-0.4, -0.2) is 29.4 Å². The van der Waals surface area contributed by atoms with E-state index in [9.17, 15) is 9.59 Å². The van der Waals surface area contributed by atoms with E-state index < -0.39 is 5.97 Å². The van der Waals surface area contributed by atoms with Gasteiger partial charge in [0.1, 0.15) is 11.0 Å². The first-order valence-corrected chi connectivity index (χ1v) is 7.65. The van der Waals surface area contributed by atoms with Crippen LogP contribution in [-0.2, 0) is 16.1 Å². The van der Waals surface area contributed by atoms with Gasteiger partial charge in [0.05, 0.1) is 19.0 Å². The predicted octanol–water partition coefficient (Wildman–Crippen LogP) is 2.09. The van der Waals surface area contributed by atoms with Crippen LogP contribution in [0.2, 0.25) is 0 Å². The lowest BCUT2D eigenvalue weighted by Crippen LogP contribution is -2.28. The number of hydrogen-bond donors (Lipinski definition) is 1. The first-order chi connectivity index (χ1) is 10.1. The molecule has 0 unspecified atom stereocenters. The Morgan fingerprint density at radius 2 is 2.38 bits per heavy atom. The summed E-state index contributed by atoms with van der Waals surface area (Å²) in [5, 5.41) is 7.17. The molecule has 0 amide bonds. The van der Waals surface area contributed by atoms with Crippen molar-refractivity contribution in [1.82, 2.24) is 9.78 Å². The second kappa shape index (κ2) is 7.40. The van der Waals surface area contributed by atoms with E-state index in [4.69, 9.17) is 0 Å². The molecular formula is C14H18BrN3O3. The fraction of sp³-hybridized carbons (Fsp3) is 0.500. The van der Waals surface area contributed by atoms with Gasteiger partial charge in [0.15, 0.2) is 0 Å². The highest BCUT2D eigenvalue weighted by molar-refractivity contribution is 9.10. The van der Waals surface area contributed by atoms with Gasteiger partial charge in [-0.25, -0.2) is 4.68 Å². The fourth-order valence-electron chi connectivity index (χ4n) is 2.21. The number of halogens is 1.